The highest BCUT2D eigenvalue weighted by Gasteiger charge is 2.22. The third-order valence-corrected chi connectivity index (χ3v) is 1.07. The van der Waals surface area contributed by atoms with Crippen LogP contribution in [-0.4, -0.2) is 95.7 Å². The van der Waals surface area contributed by atoms with Gasteiger partial charge in [0.2, 0.25) is 0 Å². The van der Waals surface area contributed by atoms with Crippen molar-refractivity contribution >= 4 is 29.8 Å². The lowest BCUT2D eigenvalue weighted by atomic mass is 10.1. The molecule has 0 aliphatic heterocycles. The lowest BCUT2D eigenvalue weighted by molar-refractivity contribution is -0.127. The minimum atomic E-state index is -4.64. The fourth-order valence-electron chi connectivity index (χ4n) is 0.416. The zero-order valence-electron chi connectivity index (χ0n) is 11.8. The lowest BCUT2D eigenvalue weighted by Crippen LogP contribution is -2.40. The topological polar surface area (TPSA) is 331 Å². The fraction of sp³-hybridized carbons (Fsp3) is 0.800. The van der Waals surface area contributed by atoms with Crippen molar-refractivity contribution in [2.45, 2.75) is 18.3 Å². The zero-order chi connectivity index (χ0) is 21.6. The van der Waals surface area contributed by atoms with Gasteiger partial charge in [-0.15, -0.1) is 0 Å². The molecular weight excluding hydrogens is 425 g/mol. The maximum absolute atomic E-state index is 9.76. The van der Waals surface area contributed by atoms with E-state index in [0.717, 1.165) is 0 Å². The van der Waals surface area contributed by atoms with Gasteiger partial charge in [0.25, 0.3) is 0 Å². The third kappa shape index (κ3) is 81.1. The number of hydrogen-bond acceptors (Lipinski definition) is 8. The van der Waals surface area contributed by atoms with Gasteiger partial charge in [0.15, 0.2) is 6.29 Å². The number of carbonyl (C=O) groups is 1. The summed E-state index contributed by atoms with van der Waals surface area (Å²) < 4.78 is 26.6. The molecule has 0 aliphatic rings. The Balaban J connectivity index is -0.000000126. The van der Waals surface area contributed by atoms with Crippen LogP contribution in [0.25, 0.3) is 0 Å². The highest BCUT2D eigenvalue weighted by atomic mass is 31.2. The Kier molecular flexibility index (Phi) is 19.4. The quantitative estimate of drug-likeness (QED) is 0.142. The predicted octanol–water partition coefficient (Wildman–Crippen LogP) is -5.53. The normalized spacial score (nSPS) is 14.9. The standard InChI is InChI=1S/C5H10O5.3H3O4P/c6-1-3(8)5(10)4(9)2-7;3*1-5(2,3)4/h1,3-5,7-10H,2H2;3*(H3,1,2,3,4)/t3-,4+,5-;;;/m0.../s1. The summed E-state index contributed by atoms with van der Waals surface area (Å²) in [7, 11) is -13.9. The molecule has 0 aromatic rings. The Morgan fingerprint density at radius 2 is 0.880 bits per heavy atom. The van der Waals surface area contributed by atoms with Gasteiger partial charge in [-0.1, -0.05) is 0 Å². The number of hydrogen-bond donors (Lipinski definition) is 13. The Hall–Kier alpha value is -0.160. The van der Waals surface area contributed by atoms with E-state index in [-0.39, 0.29) is 6.29 Å². The second kappa shape index (κ2) is 15.0. The molecule has 0 amide bonds. The molecule has 17 nitrogen and oxygen atoms in total. The van der Waals surface area contributed by atoms with Gasteiger partial charge >= 0.3 is 23.5 Å². The van der Waals surface area contributed by atoms with Crippen LogP contribution in [0.1, 0.15) is 0 Å². The van der Waals surface area contributed by atoms with E-state index >= 15 is 0 Å². The van der Waals surface area contributed by atoms with E-state index in [0.29, 0.717) is 0 Å². The van der Waals surface area contributed by atoms with Crippen LogP contribution in [0.2, 0.25) is 0 Å². The molecule has 13 N–H and O–H groups in total. The van der Waals surface area contributed by atoms with E-state index in [1.165, 1.54) is 0 Å². The van der Waals surface area contributed by atoms with Gasteiger partial charge in [-0.25, -0.2) is 13.7 Å². The second-order valence-electron chi connectivity index (χ2n) is 3.41. The van der Waals surface area contributed by atoms with Crippen LogP contribution in [0.5, 0.6) is 0 Å². The first kappa shape index (κ1) is 32.5. The first-order chi connectivity index (χ1) is 10.6. The number of aliphatic hydroxyl groups excluding tert-OH is 4. The third-order valence-electron chi connectivity index (χ3n) is 1.07. The molecule has 0 radical (unpaired) electrons. The summed E-state index contributed by atoms with van der Waals surface area (Å²) in [6.45, 7) is -0.688. The predicted molar refractivity (Wildman–Crippen MR) is 74.0 cm³/mol. The van der Waals surface area contributed by atoms with E-state index in [1.807, 2.05) is 0 Å². The van der Waals surface area contributed by atoms with Crippen molar-refractivity contribution in [3.8, 4) is 0 Å². The SMILES string of the molecule is O=C[C@H](O)[C@H](O)[C@H](O)CO.O=P(O)(O)O.O=P(O)(O)O.O=P(O)(O)O. The smallest absolute Gasteiger partial charge is 0.394 e. The summed E-state index contributed by atoms with van der Waals surface area (Å²) in [4.78, 5) is 74.5. The molecule has 0 rings (SSSR count). The van der Waals surface area contributed by atoms with Crippen LogP contribution in [0, 0.1) is 0 Å². The van der Waals surface area contributed by atoms with Crippen LogP contribution in [0.15, 0.2) is 0 Å². The van der Waals surface area contributed by atoms with Crippen molar-refractivity contribution in [2.24, 2.45) is 0 Å². The number of rotatable bonds is 4. The Morgan fingerprint density at radius 3 is 1.00 bits per heavy atom. The van der Waals surface area contributed by atoms with Gasteiger partial charge in [0, 0.05) is 0 Å². The van der Waals surface area contributed by atoms with E-state index in [9.17, 15) is 4.79 Å². The lowest BCUT2D eigenvalue weighted by Gasteiger charge is -2.16. The molecule has 0 saturated carbocycles. The Labute approximate surface area is 138 Å². The van der Waals surface area contributed by atoms with Crippen LogP contribution in [0.3, 0.4) is 0 Å². The summed E-state index contributed by atoms with van der Waals surface area (Å²) >= 11 is 0. The van der Waals surface area contributed by atoms with Crippen LogP contribution in [-0.2, 0) is 18.5 Å². The number of carbonyl (C=O) groups excluding carboxylic acids is 1. The monoisotopic (exact) mass is 444 g/mol. The maximum atomic E-state index is 9.76. The van der Waals surface area contributed by atoms with Crippen molar-refractivity contribution in [1.82, 2.24) is 0 Å². The minimum absolute atomic E-state index is 0.0869. The molecule has 0 bridgehead atoms. The molecule has 0 aromatic carbocycles. The zero-order valence-corrected chi connectivity index (χ0v) is 14.5. The van der Waals surface area contributed by atoms with Crippen molar-refractivity contribution in [2.75, 3.05) is 6.61 Å². The highest BCUT2D eigenvalue weighted by molar-refractivity contribution is 7.45. The van der Waals surface area contributed by atoms with E-state index in [1.54, 1.807) is 0 Å². The van der Waals surface area contributed by atoms with Crippen molar-refractivity contribution in [3.63, 3.8) is 0 Å². The summed E-state index contributed by atoms with van der Waals surface area (Å²) in [5.74, 6) is 0. The Morgan fingerprint density at radius 1 is 0.680 bits per heavy atom. The average Bonchev–Trinajstić information content (AvgIpc) is 2.29. The van der Waals surface area contributed by atoms with Crippen molar-refractivity contribution in [3.05, 3.63) is 0 Å². The average molecular weight is 444 g/mol. The van der Waals surface area contributed by atoms with Gasteiger partial charge in [-0.05, 0) is 0 Å². The number of phosphoric acid groups is 3. The molecule has 25 heavy (non-hydrogen) atoms. The van der Waals surface area contributed by atoms with Gasteiger partial charge in [-0.3, -0.25) is 0 Å². The van der Waals surface area contributed by atoms with E-state index in [4.69, 9.17) is 78.2 Å². The van der Waals surface area contributed by atoms with Gasteiger partial charge in [-0.2, -0.15) is 0 Å². The van der Waals surface area contributed by atoms with E-state index in [2.05, 4.69) is 0 Å². The van der Waals surface area contributed by atoms with Crippen LogP contribution >= 0.6 is 23.5 Å². The van der Waals surface area contributed by atoms with Crippen molar-refractivity contribution in [1.29, 1.82) is 0 Å². The Bertz CT molecular complexity index is 387. The van der Waals surface area contributed by atoms with Crippen molar-refractivity contribution < 1.29 is 83.0 Å². The molecule has 3 atom stereocenters. The summed E-state index contributed by atoms with van der Waals surface area (Å²) in [6.07, 6.45) is -4.63. The summed E-state index contributed by atoms with van der Waals surface area (Å²) in [5, 5.41) is 34.1. The van der Waals surface area contributed by atoms with Crippen LogP contribution < -0.4 is 0 Å². The molecule has 0 aliphatic carbocycles. The maximum Gasteiger partial charge on any atom is 0.466 e. The molecule has 0 aromatic heterocycles. The highest BCUT2D eigenvalue weighted by Crippen LogP contribution is 2.26. The molecule has 20 heteroatoms. The van der Waals surface area contributed by atoms with E-state index < -0.39 is 48.4 Å². The first-order valence-electron chi connectivity index (χ1n) is 5.08. The molecule has 0 fully saturated rings. The van der Waals surface area contributed by atoms with Gasteiger partial charge in [0.05, 0.1) is 6.61 Å². The van der Waals surface area contributed by atoms with Crippen LogP contribution in [0.4, 0.5) is 0 Å². The molecule has 0 spiro atoms. The molecule has 0 unspecified atom stereocenters. The summed E-state index contributed by atoms with van der Waals surface area (Å²) in [5.41, 5.74) is 0. The molecule has 156 valence electrons. The summed E-state index contributed by atoms with van der Waals surface area (Å²) in [6, 6.07) is 0. The van der Waals surface area contributed by atoms with Gasteiger partial charge < -0.3 is 69.3 Å². The molecular formula is C5H19O17P3. The first-order valence-corrected chi connectivity index (χ1v) is 9.78. The molecule has 0 saturated heterocycles. The van der Waals surface area contributed by atoms with Gasteiger partial charge in [0.1, 0.15) is 18.3 Å². The largest absolute Gasteiger partial charge is 0.466 e. The fourth-order valence-corrected chi connectivity index (χ4v) is 0.416. The second-order valence-corrected chi connectivity index (χ2v) is 6.49. The number of aliphatic hydroxyl groups is 4. The molecule has 0 heterocycles. The number of aldehydes is 1. The minimum Gasteiger partial charge on any atom is -0.394 e.